The van der Waals surface area contributed by atoms with Crippen molar-refractivity contribution in [3.8, 4) is 6.01 Å². The number of aromatic nitrogens is 2. The lowest BCUT2D eigenvalue weighted by Gasteiger charge is -2.19. The minimum Gasteiger partial charge on any atom is -0.467 e. The van der Waals surface area contributed by atoms with Crippen molar-refractivity contribution in [3.05, 3.63) is 36.5 Å². The third-order valence-corrected chi connectivity index (χ3v) is 4.17. The molecule has 1 aliphatic heterocycles. The van der Waals surface area contributed by atoms with Crippen LogP contribution in [0.4, 0.5) is 17.2 Å². The largest absolute Gasteiger partial charge is 0.467 e. The van der Waals surface area contributed by atoms with Crippen molar-refractivity contribution in [1.29, 1.82) is 0 Å². The normalized spacial score (nSPS) is 16.5. The SMILES string of the molecule is COc1ncc(NC(=O)C2CC(=O)N(c3ccccc3)C2)c(N(C)C)n1. The molecule has 3 rings (SSSR count). The number of nitrogens with zero attached hydrogens (tertiary/aromatic N) is 4. The van der Waals surface area contributed by atoms with Crippen molar-refractivity contribution in [3.63, 3.8) is 0 Å². The molecule has 1 aromatic carbocycles. The van der Waals surface area contributed by atoms with Gasteiger partial charge in [0.2, 0.25) is 11.8 Å². The fraction of sp³-hybridized carbons (Fsp3) is 0.333. The van der Waals surface area contributed by atoms with Gasteiger partial charge >= 0.3 is 6.01 Å². The molecule has 8 heteroatoms. The summed E-state index contributed by atoms with van der Waals surface area (Å²) in [4.78, 5) is 36.7. The zero-order valence-electron chi connectivity index (χ0n) is 15.0. The Bertz CT molecular complexity index is 810. The van der Waals surface area contributed by atoms with Gasteiger partial charge in [-0.25, -0.2) is 4.98 Å². The predicted octanol–water partition coefficient (Wildman–Crippen LogP) is 1.54. The monoisotopic (exact) mass is 355 g/mol. The number of anilines is 3. The first kappa shape index (κ1) is 17.7. The molecule has 1 unspecified atom stereocenters. The molecule has 0 aliphatic carbocycles. The molecule has 2 heterocycles. The zero-order chi connectivity index (χ0) is 18.7. The number of rotatable bonds is 5. The Hall–Kier alpha value is -3.16. The van der Waals surface area contributed by atoms with E-state index in [1.807, 2.05) is 44.4 Å². The van der Waals surface area contributed by atoms with Gasteiger partial charge in [0, 0.05) is 32.7 Å². The number of carbonyl (C=O) groups excluding carboxylic acids is 2. The second-order valence-corrected chi connectivity index (χ2v) is 6.22. The maximum Gasteiger partial charge on any atom is 0.318 e. The standard InChI is InChI=1S/C18H21N5O3/c1-22(2)16-14(10-19-18(21-16)26-3)20-17(25)12-9-15(24)23(11-12)13-7-5-4-6-8-13/h4-8,10,12H,9,11H2,1-3H3,(H,20,25). The van der Waals surface area contributed by atoms with E-state index in [0.29, 0.717) is 18.1 Å². The van der Waals surface area contributed by atoms with Crippen molar-refractivity contribution in [2.75, 3.05) is 42.9 Å². The molecule has 1 fully saturated rings. The lowest BCUT2D eigenvalue weighted by atomic mass is 10.1. The molecule has 26 heavy (non-hydrogen) atoms. The number of hydrogen-bond donors (Lipinski definition) is 1. The Morgan fingerprint density at radius 2 is 2.04 bits per heavy atom. The molecule has 0 bridgehead atoms. The van der Waals surface area contributed by atoms with Gasteiger partial charge in [0.1, 0.15) is 5.69 Å². The lowest BCUT2D eigenvalue weighted by molar-refractivity contribution is -0.122. The highest BCUT2D eigenvalue weighted by Gasteiger charge is 2.35. The molecule has 1 atom stereocenters. The molecule has 0 radical (unpaired) electrons. The summed E-state index contributed by atoms with van der Waals surface area (Å²) < 4.78 is 5.03. The third kappa shape index (κ3) is 3.58. The molecule has 8 nitrogen and oxygen atoms in total. The van der Waals surface area contributed by atoms with Crippen LogP contribution in [0.25, 0.3) is 0 Å². The third-order valence-electron chi connectivity index (χ3n) is 4.17. The Labute approximate surface area is 151 Å². The number of amides is 2. The van der Waals surface area contributed by atoms with Gasteiger partial charge in [-0.05, 0) is 12.1 Å². The molecule has 2 amide bonds. The second kappa shape index (κ2) is 7.38. The molecule has 1 saturated heterocycles. The average Bonchev–Trinajstić information content (AvgIpc) is 3.04. The van der Waals surface area contributed by atoms with Crippen LogP contribution in [0.2, 0.25) is 0 Å². The van der Waals surface area contributed by atoms with E-state index in [0.717, 1.165) is 5.69 Å². The van der Waals surface area contributed by atoms with Crippen molar-refractivity contribution in [2.45, 2.75) is 6.42 Å². The molecule has 2 aromatic rings. The zero-order valence-corrected chi connectivity index (χ0v) is 15.0. The van der Waals surface area contributed by atoms with Crippen molar-refractivity contribution in [2.24, 2.45) is 5.92 Å². The van der Waals surface area contributed by atoms with E-state index in [4.69, 9.17) is 4.74 Å². The van der Waals surface area contributed by atoms with Gasteiger partial charge in [0.15, 0.2) is 5.82 Å². The summed E-state index contributed by atoms with van der Waals surface area (Å²) in [6.07, 6.45) is 1.68. The fourth-order valence-electron chi connectivity index (χ4n) is 2.86. The highest BCUT2D eigenvalue weighted by atomic mass is 16.5. The summed E-state index contributed by atoms with van der Waals surface area (Å²) in [6, 6.07) is 9.57. The van der Waals surface area contributed by atoms with E-state index in [9.17, 15) is 9.59 Å². The number of ether oxygens (including phenoxy) is 1. The number of hydrogen-bond acceptors (Lipinski definition) is 6. The van der Waals surface area contributed by atoms with Gasteiger partial charge in [-0.15, -0.1) is 0 Å². The van der Waals surface area contributed by atoms with E-state index < -0.39 is 5.92 Å². The molecule has 136 valence electrons. The second-order valence-electron chi connectivity index (χ2n) is 6.22. The Balaban J connectivity index is 1.74. The van der Waals surface area contributed by atoms with Gasteiger partial charge in [-0.2, -0.15) is 4.98 Å². The first-order valence-electron chi connectivity index (χ1n) is 8.24. The summed E-state index contributed by atoms with van der Waals surface area (Å²) in [7, 11) is 5.11. The van der Waals surface area contributed by atoms with Crippen LogP contribution in [-0.4, -0.2) is 49.5 Å². The van der Waals surface area contributed by atoms with E-state index in [2.05, 4.69) is 15.3 Å². The first-order chi connectivity index (χ1) is 12.5. The van der Waals surface area contributed by atoms with Crippen LogP contribution in [0.3, 0.4) is 0 Å². The summed E-state index contributed by atoms with van der Waals surface area (Å²) in [6.45, 7) is 0.350. The van der Waals surface area contributed by atoms with E-state index in [1.165, 1.54) is 13.3 Å². The Morgan fingerprint density at radius 1 is 1.31 bits per heavy atom. The van der Waals surface area contributed by atoms with Crippen LogP contribution in [0.5, 0.6) is 6.01 Å². The number of methoxy groups -OCH3 is 1. The average molecular weight is 355 g/mol. The maximum absolute atomic E-state index is 12.7. The lowest BCUT2D eigenvalue weighted by Crippen LogP contribution is -2.28. The van der Waals surface area contributed by atoms with E-state index in [-0.39, 0.29) is 24.2 Å². The fourth-order valence-corrected chi connectivity index (χ4v) is 2.86. The summed E-state index contributed by atoms with van der Waals surface area (Å²) >= 11 is 0. The van der Waals surface area contributed by atoms with Crippen LogP contribution < -0.4 is 19.9 Å². The van der Waals surface area contributed by atoms with Crippen LogP contribution in [0, 0.1) is 5.92 Å². The molecular formula is C18H21N5O3. The van der Waals surface area contributed by atoms with Crippen LogP contribution in [-0.2, 0) is 9.59 Å². The molecule has 0 spiro atoms. The number of nitrogens with one attached hydrogen (secondary N) is 1. The summed E-state index contributed by atoms with van der Waals surface area (Å²) in [5.41, 5.74) is 1.28. The van der Waals surface area contributed by atoms with Crippen LogP contribution in [0.15, 0.2) is 36.5 Å². The number of para-hydroxylation sites is 1. The topological polar surface area (TPSA) is 87.7 Å². The predicted molar refractivity (Wildman–Crippen MR) is 98.4 cm³/mol. The van der Waals surface area contributed by atoms with Crippen LogP contribution in [0.1, 0.15) is 6.42 Å². The quantitative estimate of drug-likeness (QED) is 0.875. The highest BCUT2D eigenvalue weighted by molar-refractivity contribution is 6.04. The van der Waals surface area contributed by atoms with Crippen molar-refractivity contribution >= 4 is 29.0 Å². The minimum atomic E-state index is -0.431. The molecule has 1 N–H and O–H groups in total. The summed E-state index contributed by atoms with van der Waals surface area (Å²) in [5.74, 6) is -0.182. The summed E-state index contributed by atoms with van der Waals surface area (Å²) in [5, 5.41) is 2.84. The van der Waals surface area contributed by atoms with Gasteiger partial charge in [-0.1, -0.05) is 18.2 Å². The number of benzene rings is 1. The molecule has 1 aliphatic rings. The maximum atomic E-state index is 12.7. The first-order valence-corrected chi connectivity index (χ1v) is 8.24. The van der Waals surface area contributed by atoms with Crippen LogP contribution >= 0.6 is 0 Å². The van der Waals surface area contributed by atoms with Gasteiger partial charge in [-0.3, -0.25) is 9.59 Å². The van der Waals surface area contributed by atoms with Crippen molar-refractivity contribution in [1.82, 2.24) is 9.97 Å². The Morgan fingerprint density at radius 3 is 2.69 bits per heavy atom. The van der Waals surface area contributed by atoms with Gasteiger partial charge < -0.3 is 19.9 Å². The minimum absolute atomic E-state index is 0.0600. The molecule has 1 aromatic heterocycles. The Kier molecular flexibility index (Phi) is 5.01. The van der Waals surface area contributed by atoms with Gasteiger partial charge in [0.05, 0.1) is 19.2 Å². The number of carbonyl (C=O) groups is 2. The van der Waals surface area contributed by atoms with Crippen molar-refractivity contribution < 1.29 is 14.3 Å². The smallest absolute Gasteiger partial charge is 0.318 e. The van der Waals surface area contributed by atoms with E-state index >= 15 is 0 Å². The van der Waals surface area contributed by atoms with E-state index in [1.54, 1.807) is 9.80 Å². The molecule has 0 saturated carbocycles. The highest BCUT2D eigenvalue weighted by Crippen LogP contribution is 2.28. The molecular weight excluding hydrogens is 334 g/mol. The van der Waals surface area contributed by atoms with Gasteiger partial charge in [0.25, 0.3) is 0 Å².